The minimum atomic E-state index is 0.555. The molecular weight excluding hydrogens is 1230 g/mol. The third kappa shape index (κ3) is 7.79. The highest BCUT2D eigenvalue weighted by Gasteiger charge is 2.23. The van der Waals surface area contributed by atoms with E-state index in [2.05, 4.69) is 255 Å². The summed E-state index contributed by atoms with van der Waals surface area (Å²) in [7, 11) is 0. The Morgan fingerprint density at radius 2 is 0.660 bits per heavy atom. The maximum absolute atomic E-state index is 6.28. The van der Waals surface area contributed by atoms with Crippen molar-refractivity contribution < 1.29 is 8.83 Å². The summed E-state index contributed by atoms with van der Waals surface area (Å²) in [6.07, 6.45) is 3.72. The molecule has 8 aromatic heterocycles. The lowest BCUT2D eigenvalue weighted by atomic mass is 9.96. The Labute approximate surface area is 550 Å². The number of rotatable bonds is 4. The van der Waals surface area contributed by atoms with Crippen molar-refractivity contribution in [1.29, 1.82) is 0 Å². The summed E-state index contributed by atoms with van der Waals surface area (Å²) >= 11 is 7.37. The van der Waals surface area contributed by atoms with E-state index in [0.29, 0.717) is 11.4 Å². The lowest BCUT2D eigenvalue weighted by Gasteiger charge is -2.08. The van der Waals surface area contributed by atoms with Crippen molar-refractivity contribution in [3.63, 3.8) is 0 Å². The molecule has 0 aliphatic heterocycles. The van der Waals surface area contributed by atoms with Gasteiger partial charge in [-0.15, -0.1) is 45.3 Å². The second kappa shape index (κ2) is 20.1. The summed E-state index contributed by atoms with van der Waals surface area (Å²) in [5.41, 5.74) is 12.9. The number of nitrogens with zero attached hydrogens (tertiary/aromatic N) is 4. The quantitative estimate of drug-likeness (QED) is 0.175. The van der Waals surface area contributed by atoms with Gasteiger partial charge in [0.25, 0.3) is 0 Å². The molecule has 22 aromatic rings. The van der Waals surface area contributed by atoms with Gasteiger partial charge in [-0.05, 0) is 120 Å². The molecule has 0 saturated heterocycles. The summed E-state index contributed by atoms with van der Waals surface area (Å²) in [6, 6.07) is 91.7. The van der Waals surface area contributed by atoms with E-state index in [-0.39, 0.29) is 0 Å². The minimum Gasteiger partial charge on any atom is -0.436 e. The molecule has 10 heteroatoms. The third-order valence-electron chi connectivity index (χ3n) is 19.0. The Kier molecular flexibility index (Phi) is 11.2. The first kappa shape index (κ1) is 52.4. The van der Waals surface area contributed by atoms with Crippen molar-refractivity contribution in [3.8, 4) is 44.8 Å². The summed E-state index contributed by atoms with van der Waals surface area (Å²) in [4.78, 5) is 20.2. The van der Waals surface area contributed by atoms with Crippen LogP contribution in [0.5, 0.6) is 0 Å². The van der Waals surface area contributed by atoms with Crippen LogP contribution in [0.3, 0.4) is 0 Å². The first-order chi connectivity index (χ1) is 46.6. The predicted molar refractivity (Wildman–Crippen MR) is 402 cm³/mol. The smallest absolute Gasteiger partial charge is 0.246 e. The van der Waals surface area contributed by atoms with Crippen molar-refractivity contribution in [2.45, 2.75) is 0 Å². The van der Waals surface area contributed by atoms with Gasteiger partial charge in [-0.25, -0.2) is 19.9 Å². The van der Waals surface area contributed by atoms with Crippen molar-refractivity contribution in [2.75, 3.05) is 0 Å². The van der Waals surface area contributed by atoms with E-state index in [0.717, 1.165) is 66.6 Å². The fourth-order valence-electron chi connectivity index (χ4n) is 14.8. The Morgan fingerprint density at radius 1 is 0.255 bits per heavy atom. The molecular formula is C84H44N4O2S4. The van der Waals surface area contributed by atoms with Crippen LogP contribution in [-0.4, -0.2) is 19.9 Å². The van der Waals surface area contributed by atoms with E-state index in [1.807, 2.05) is 57.7 Å². The van der Waals surface area contributed by atoms with Crippen LogP contribution in [0, 0.1) is 0 Å². The van der Waals surface area contributed by atoms with Gasteiger partial charge in [0.05, 0.1) is 23.8 Å². The molecule has 8 heterocycles. The lowest BCUT2D eigenvalue weighted by Crippen LogP contribution is -1.88. The fraction of sp³-hybridized carbons (Fsp3) is 0. The third-order valence-corrected chi connectivity index (χ3v) is 23.9. The number of fused-ring (bicyclic) bond motifs is 26. The zero-order valence-corrected chi connectivity index (χ0v) is 52.9. The highest BCUT2D eigenvalue weighted by molar-refractivity contribution is 7.28. The van der Waals surface area contributed by atoms with Crippen LogP contribution in [0.15, 0.2) is 276 Å². The highest BCUT2D eigenvalue weighted by Crippen LogP contribution is 2.49. The number of furan rings is 2. The molecule has 0 fully saturated rings. The van der Waals surface area contributed by atoms with Gasteiger partial charge in [0.15, 0.2) is 0 Å². The molecule has 0 spiro atoms. The zero-order chi connectivity index (χ0) is 61.3. The number of benzene rings is 14. The fourth-order valence-corrected chi connectivity index (χ4v) is 19.8. The highest BCUT2D eigenvalue weighted by atomic mass is 32.1. The first-order valence-electron chi connectivity index (χ1n) is 31.3. The number of aromatic nitrogens is 4. The second-order valence-corrected chi connectivity index (χ2v) is 28.4. The van der Waals surface area contributed by atoms with Gasteiger partial charge in [0.2, 0.25) is 11.4 Å². The van der Waals surface area contributed by atoms with Gasteiger partial charge in [0, 0.05) is 108 Å². The SMILES string of the molecule is c1ccc2c(c1)cc(-c1ccc3oc4ncc(-c5cc6ccccc6c6c5sc5ccccc56)nc4c3c1)c1sc3ccccc3c12.c1ccc2c(c1)ccc1sc3c(-c4ccc5oc6ncc(-c7cccc8c7sc7ccc9ccccc9c78)nc6c5c4)cccc3c12. The minimum absolute atomic E-state index is 0.555. The molecule has 0 N–H and O–H groups in total. The standard InChI is InChI=1S/2C42H22N2OS2/c1-3-11-26-23(9-1)19-30(40-37(26)28-13-5-7-15-35(28)46-40)25-17-18-34-32(21-25)39-42(45-34)43-22-33(44-39)31-20-24-10-2-4-12-27(24)38-29-14-6-8-16-36(29)47-41(31)38;1-3-9-26-23(7-1)16-19-35-37(26)30-13-5-11-28(40(30)46-35)25-15-18-34-32(21-25)39-42(45-34)43-22-33(44-39)29-12-6-14-31-38-27-10-4-2-8-24(27)17-20-36(38)47-41(29)31/h2*1-22H. The van der Waals surface area contributed by atoms with Crippen molar-refractivity contribution in [1.82, 2.24) is 19.9 Å². The van der Waals surface area contributed by atoms with Gasteiger partial charge in [-0.2, -0.15) is 0 Å². The normalized spacial score (nSPS) is 12.3. The molecule has 0 aliphatic rings. The first-order valence-corrected chi connectivity index (χ1v) is 34.6. The summed E-state index contributed by atoms with van der Waals surface area (Å²) in [5, 5.41) is 22.4. The van der Waals surface area contributed by atoms with Gasteiger partial charge in [0.1, 0.15) is 22.2 Å². The molecule has 6 nitrogen and oxygen atoms in total. The van der Waals surface area contributed by atoms with Gasteiger partial charge in [-0.1, -0.05) is 194 Å². The molecule has 436 valence electrons. The summed E-state index contributed by atoms with van der Waals surface area (Å²) in [5.74, 6) is 0. The molecule has 0 saturated carbocycles. The molecule has 0 amide bonds. The van der Waals surface area contributed by atoms with Crippen LogP contribution < -0.4 is 0 Å². The van der Waals surface area contributed by atoms with Gasteiger partial charge >= 0.3 is 0 Å². The predicted octanol–water partition coefficient (Wildman–Crippen LogP) is 25.5. The van der Waals surface area contributed by atoms with Crippen LogP contribution in [0.2, 0.25) is 0 Å². The molecule has 0 radical (unpaired) electrons. The summed E-state index contributed by atoms with van der Waals surface area (Å²) in [6.45, 7) is 0. The van der Waals surface area contributed by atoms with E-state index in [1.54, 1.807) is 0 Å². The van der Waals surface area contributed by atoms with Crippen LogP contribution in [0.25, 0.3) is 213 Å². The Balaban J connectivity index is 0.000000126. The van der Waals surface area contributed by atoms with Crippen molar-refractivity contribution in [2.24, 2.45) is 0 Å². The van der Waals surface area contributed by atoms with E-state index < -0.39 is 0 Å². The van der Waals surface area contributed by atoms with Crippen molar-refractivity contribution in [3.05, 3.63) is 267 Å². The van der Waals surface area contributed by atoms with E-state index in [4.69, 9.17) is 28.8 Å². The number of hydrogen-bond donors (Lipinski definition) is 0. The van der Waals surface area contributed by atoms with Crippen LogP contribution in [0.1, 0.15) is 0 Å². The largest absolute Gasteiger partial charge is 0.436 e. The molecule has 0 bridgehead atoms. The monoisotopic (exact) mass is 1270 g/mol. The van der Waals surface area contributed by atoms with E-state index in [9.17, 15) is 0 Å². The molecule has 0 aliphatic carbocycles. The maximum Gasteiger partial charge on any atom is 0.246 e. The molecule has 22 rings (SSSR count). The lowest BCUT2D eigenvalue weighted by molar-refractivity contribution is 0.652. The van der Waals surface area contributed by atoms with Gasteiger partial charge in [-0.3, -0.25) is 0 Å². The average Bonchev–Trinajstić information content (AvgIpc) is 1.57. The van der Waals surface area contributed by atoms with E-state index >= 15 is 0 Å². The van der Waals surface area contributed by atoms with Gasteiger partial charge < -0.3 is 8.83 Å². The topological polar surface area (TPSA) is 77.8 Å². The maximum atomic E-state index is 6.28. The number of thiophene rings is 4. The van der Waals surface area contributed by atoms with E-state index in [1.165, 1.54) is 135 Å². The Hall–Kier alpha value is -11.2. The summed E-state index contributed by atoms with van der Waals surface area (Å²) < 4.78 is 22.7. The molecule has 0 unspecified atom stereocenters. The molecule has 14 aromatic carbocycles. The molecule has 94 heavy (non-hydrogen) atoms. The van der Waals surface area contributed by atoms with Crippen LogP contribution in [-0.2, 0) is 0 Å². The Bertz CT molecular complexity index is 6610. The number of hydrogen-bond acceptors (Lipinski definition) is 10. The second-order valence-electron chi connectivity index (χ2n) is 24.2. The molecule has 0 atom stereocenters. The average molecular weight is 1270 g/mol. The van der Waals surface area contributed by atoms with Crippen LogP contribution >= 0.6 is 45.3 Å². The van der Waals surface area contributed by atoms with Crippen LogP contribution in [0.4, 0.5) is 0 Å². The Morgan fingerprint density at radius 3 is 1.20 bits per heavy atom. The van der Waals surface area contributed by atoms with Crippen molar-refractivity contribution >= 4 is 214 Å². The zero-order valence-electron chi connectivity index (χ0n) is 49.6.